The molecule has 1 aromatic carbocycles. The molecule has 4 nitrogen and oxygen atoms in total. The zero-order chi connectivity index (χ0) is 15.5. The molecule has 0 spiro atoms. The molecular weight excluding hydrogens is 273 g/mol. The maximum atomic E-state index is 14.0. The highest BCUT2D eigenvalue weighted by Gasteiger charge is 2.46. The number of esters is 1. The third-order valence-corrected chi connectivity index (χ3v) is 4.01. The second-order valence-electron chi connectivity index (χ2n) is 5.47. The molecule has 0 heterocycles. The molecule has 116 valence electrons. The van der Waals surface area contributed by atoms with Crippen LogP contribution in [0.3, 0.4) is 0 Å². The van der Waals surface area contributed by atoms with Gasteiger partial charge in [0.2, 0.25) is 0 Å². The Bertz CT molecular complexity index is 520. The van der Waals surface area contributed by atoms with Crippen LogP contribution in [-0.4, -0.2) is 31.3 Å². The van der Waals surface area contributed by atoms with Gasteiger partial charge in [-0.3, -0.25) is 4.79 Å². The van der Waals surface area contributed by atoms with Crippen LogP contribution in [0.15, 0.2) is 18.2 Å². The first kappa shape index (κ1) is 15.8. The summed E-state index contributed by atoms with van der Waals surface area (Å²) in [6, 6.07) is 5.09. The first-order chi connectivity index (χ1) is 10.0. The highest BCUT2D eigenvalue weighted by atomic mass is 19.1. The fourth-order valence-corrected chi connectivity index (χ4v) is 2.94. The molecule has 5 heteroatoms. The van der Waals surface area contributed by atoms with Crippen LogP contribution in [0.25, 0.3) is 0 Å². The normalized spacial score (nSPS) is 24.9. The molecule has 2 atom stereocenters. The minimum Gasteiger partial charge on any atom is -0.487 e. The standard InChI is InChI=1S/C16H22FNO3/c1-4-18-16(15(19)20-3)9-8-12(10-16)21-13-7-5-6-11(2)14(13)17/h5-7,12,18H,4,8-10H2,1-3H3. The Hall–Kier alpha value is -1.62. The van der Waals surface area contributed by atoms with Crippen LogP contribution in [0.5, 0.6) is 5.75 Å². The molecule has 1 aliphatic carbocycles. The number of likely N-dealkylation sites (N-methyl/N-ethyl adjacent to an activating group) is 1. The molecule has 0 bridgehead atoms. The van der Waals surface area contributed by atoms with E-state index in [1.165, 1.54) is 7.11 Å². The van der Waals surface area contributed by atoms with E-state index in [0.717, 1.165) is 0 Å². The summed E-state index contributed by atoms with van der Waals surface area (Å²) in [5.74, 6) is -0.367. The molecule has 21 heavy (non-hydrogen) atoms. The summed E-state index contributed by atoms with van der Waals surface area (Å²) < 4.78 is 24.6. The molecular formula is C16H22FNO3. The van der Waals surface area contributed by atoms with Gasteiger partial charge in [0.15, 0.2) is 11.6 Å². The van der Waals surface area contributed by atoms with Gasteiger partial charge in [-0.1, -0.05) is 19.1 Å². The Morgan fingerprint density at radius 2 is 2.29 bits per heavy atom. The van der Waals surface area contributed by atoms with Crippen LogP contribution >= 0.6 is 0 Å². The molecule has 0 radical (unpaired) electrons. The van der Waals surface area contributed by atoms with Gasteiger partial charge in [0, 0.05) is 6.42 Å². The lowest BCUT2D eigenvalue weighted by molar-refractivity contribution is -0.148. The van der Waals surface area contributed by atoms with Crippen molar-refractivity contribution < 1.29 is 18.7 Å². The number of hydrogen-bond acceptors (Lipinski definition) is 4. The average Bonchev–Trinajstić information content (AvgIpc) is 2.88. The molecule has 0 amide bonds. The molecule has 1 aromatic rings. The highest BCUT2D eigenvalue weighted by molar-refractivity contribution is 5.81. The van der Waals surface area contributed by atoms with E-state index in [0.29, 0.717) is 31.4 Å². The van der Waals surface area contributed by atoms with Crippen LogP contribution in [0.4, 0.5) is 4.39 Å². The van der Waals surface area contributed by atoms with Crippen molar-refractivity contribution in [2.24, 2.45) is 0 Å². The average molecular weight is 295 g/mol. The number of hydrogen-bond donors (Lipinski definition) is 1. The van der Waals surface area contributed by atoms with Crippen molar-refractivity contribution in [2.45, 2.75) is 44.8 Å². The Morgan fingerprint density at radius 3 is 2.95 bits per heavy atom. The van der Waals surface area contributed by atoms with E-state index >= 15 is 0 Å². The molecule has 1 fully saturated rings. The zero-order valence-corrected chi connectivity index (χ0v) is 12.7. The number of carbonyl (C=O) groups excluding carboxylic acids is 1. The summed E-state index contributed by atoms with van der Waals surface area (Å²) >= 11 is 0. The van der Waals surface area contributed by atoms with Crippen molar-refractivity contribution in [2.75, 3.05) is 13.7 Å². The van der Waals surface area contributed by atoms with Gasteiger partial charge in [0.25, 0.3) is 0 Å². The molecule has 0 aliphatic heterocycles. The number of ether oxygens (including phenoxy) is 2. The predicted molar refractivity (Wildman–Crippen MR) is 77.8 cm³/mol. The summed E-state index contributed by atoms with van der Waals surface area (Å²) in [6.07, 6.45) is 1.61. The number of carbonyl (C=O) groups is 1. The number of aryl methyl sites for hydroxylation is 1. The van der Waals surface area contributed by atoms with Crippen molar-refractivity contribution in [3.8, 4) is 5.75 Å². The number of methoxy groups -OCH3 is 1. The lowest BCUT2D eigenvalue weighted by Gasteiger charge is -2.27. The van der Waals surface area contributed by atoms with Gasteiger partial charge < -0.3 is 14.8 Å². The van der Waals surface area contributed by atoms with Gasteiger partial charge in [-0.25, -0.2) is 4.39 Å². The Kier molecular flexibility index (Phi) is 4.83. The van der Waals surface area contributed by atoms with E-state index in [2.05, 4.69) is 5.32 Å². The van der Waals surface area contributed by atoms with Crippen LogP contribution in [0.2, 0.25) is 0 Å². The topological polar surface area (TPSA) is 47.6 Å². The SMILES string of the molecule is CCNC1(C(=O)OC)CCC(Oc2cccc(C)c2F)C1. The van der Waals surface area contributed by atoms with E-state index in [9.17, 15) is 9.18 Å². The Morgan fingerprint density at radius 1 is 1.52 bits per heavy atom. The highest BCUT2D eigenvalue weighted by Crippen LogP contribution is 2.34. The number of rotatable bonds is 5. The van der Waals surface area contributed by atoms with E-state index < -0.39 is 5.54 Å². The van der Waals surface area contributed by atoms with Gasteiger partial charge >= 0.3 is 5.97 Å². The van der Waals surface area contributed by atoms with Gasteiger partial charge in [0.05, 0.1) is 7.11 Å². The molecule has 1 N–H and O–H groups in total. The second-order valence-corrected chi connectivity index (χ2v) is 5.47. The maximum absolute atomic E-state index is 14.0. The largest absolute Gasteiger partial charge is 0.487 e. The molecule has 0 aromatic heterocycles. The summed E-state index contributed by atoms with van der Waals surface area (Å²) in [4.78, 5) is 12.0. The van der Waals surface area contributed by atoms with E-state index in [-0.39, 0.29) is 23.6 Å². The Balaban J connectivity index is 2.10. The minimum absolute atomic E-state index is 0.195. The smallest absolute Gasteiger partial charge is 0.326 e. The lowest BCUT2D eigenvalue weighted by atomic mass is 9.97. The monoisotopic (exact) mass is 295 g/mol. The van der Waals surface area contributed by atoms with Crippen molar-refractivity contribution in [3.05, 3.63) is 29.6 Å². The van der Waals surface area contributed by atoms with Crippen molar-refractivity contribution in [1.82, 2.24) is 5.32 Å². The molecule has 1 saturated carbocycles. The van der Waals surface area contributed by atoms with Gasteiger partial charge in [-0.05, 0) is 37.9 Å². The molecule has 0 saturated heterocycles. The van der Waals surface area contributed by atoms with Crippen LogP contribution in [0, 0.1) is 12.7 Å². The number of benzene rings is 1. The Labute approximate surface area is 124 Å². The van der Waals surface area contributed by atoms with Crippen LogP contribution < -0.4 is 10.1 Å². The van der Waals surface area contributed by atoms with Crippen molar-refractivity contribution in [3.63, 3.8) is 0 Å². The summed E-state index contributed by atoms with van der Waals surface area (Å²) in [7, 11) is 1.38. The molecule has 2 rings (SSSR count). The fourth-order valence-electron chi connectivity index (χ4n) is 2.94. The van der Waals surface area contributed by atoms with Crippen molar-refractivity contribution in [1.29, 1.82) is 0 Å². The first-order valence-electron chi connectivity index (χ1n) is 7.27. The first-order valence-corrected chi connectivity index (χ1v) is 7.27. The van der Waals surface area contributed by atoms with Gasteiger partial charge in [-0.15, -0.1) is 0 Å². The third kappa shape index (κ3) is 3.18. The van der Waals surface area contributed by atoms with Crippen LogP contribution in [0.1, 0.15) is 31.7 Å². The maximum Gasteiger partial charge on any atom is 0.326 e. The minimum atomic E-state index is -0.714. The molecule has 1 aliphatic rings. The van der Waals surface area contributed by atoms with E-state index in [1.54, 1.807) is 25.1 Å². The van der Waals surface area contributed by atoms with Gasteiger partial charge in [0.1, 0.15) is 11.6 Å². The van der Waals surface area contributed by atoms with Gasteiger partial charge in [-0.2, -0.15) is 0 Å². The fraction of sp³-hybridized carbons (Fsp3) is 0.562. The second kappa shape index (κ2) is 6.43. The number of nitrogens with one attached hydrogen (secondary N) is 1. The molecule has 2 unspecified atom stereocenters. The summed E-state index contributed by atoms with van der Waals surface area (Å²) in [5, 5.41) is 3.20. The zero-order valence-electron chi connectivity index (χ0n) is 12.7. The predicted octanol–water partition coefficient (Wildman–Crippen LogP) is 2.59. The lowest BCUT2D eigenvalue weighted by Crippen LogP contribution is -2.51. The number of halogens is 1. The van der Waals surface area contributed by atoms with Crippen LogP contribution in [-0.2, 0) is 9.53 Å². The summed E-state index contributed by atoms with van der Waals surface area (Å²) in [6.45, 7) is 4.31. The van der Waals surface area contributed by atoms with E-state index in [4.69, 9.17) is 9.47 Å². The van der Waals surface area contributed by atoms with Crippen molar-refractivity contribution >= 4 is 5.97 Å². The third-order valence-electron chi connectivity index (χ3n) is 4.01. The van der Waals surface area contributed by atoms with E-state index in [1.807, 2.05) is 6.92 Å². The quantitative estimate of drug-likeness (QED) is 0.848. The summed E-state index contributed by atoms with van der Waals surface area (Å²) in [5.41, 5.74) is -0.162.